The molecule has 9 heteroatoms. The second-order valence-corrected chi connectivity index (χ2v) is 7.91. The summed E-state index contributed by atoms with van der Waals surface area (Å²) in [6.07, 6.45) is 2.14. The molecule has 2 aliphatic rings. The molecule has 32 heavy (non-hydrogen) atoms. The number of furan rings is 1. The molecule has 9 nitrogen and oxygen atoms in total. The molecule has 3 heterocycles. The normalized spacial score (nSPS) is 18.7. The minimum atomic E-state index is -0.321. The lowest BCUT2D eigenvalue weighted by molar-refractivity contribution is -0.138. The van der Waals surface area contributed by atoms with Gasteiger partial charge >= 0.3 is 0 Å². The van der Waals surface area contributed by atoms with E-state index in [4.69, 9.17) is 13.9 Å². The Balaban J connectivity index is 1.45. The summed E-state index contributed by atoms with van der Waals surface area (Å²) in [5, 5.41) is 6.11. The summed E-state index contributed by atoms with van der Waals surface area (Å²) in [5.74, 6) is 1.24. The number of ether oxygens (including phenoxy) is 2. The fraction of sp³-hybridized carbons (Fsp3) is 0.435. The molecule has 2 amide bonds. The van der Waals surface area contributed by atoms with Gasteiger partial charge in [-0.2, -0.15) is 5.10 Å². The van der Waals surface area contributed by atoms with Crippen LogP contribution >= 0.6 is 0 Å². The Morgan fingerprint density at radius 2 is 1.84 bits per heavy atom. The van der Waals surface area contributed by atoms with E-state index in [0.717, 1.165) is 17.0 Å². The second-order valence-electron chi connectivity index (χ2n) is 7.91. The lowest BCUT2D eigenvalue weighted by atomic mass is 10.0. The van der Waals surface area contributed by atoms with E-state index in [0.29, 0.717) is 38.5 Å². The number of rotatable bonds is 7. The Morgan fingerprint density at radius 1 is 1.12 bits per heavy atom. The number of methoxy groups -OCH3 is 1. The number of hydrogen-bond donors (Lipinski definition) is 0. The van der Waals surface area contributed by atoms with Gasteiger partial charge in [-0.05, 0) is 49.0 Å². The highest BCUT2D eigenvalue weighted by Crippen LogP contribution is 2.33. The minimum Gasteiger partial charge on any atom is -0.497 e. The van der Waals surface area contributed by atoms with Crippen LogP contribution in [-0.4, -0.2) is 85.9 Å². The summed E-state index contributed by atoms with van der Waals surface area (Å²) >= 11 is 0. The molecule has 2 aliphatic heterocycles. The van der Waals surface area contributed by atoms with Gasteiger partial charge in [-0.15, -0.1) is 0 Å². The molecule has 1 saturated heterocycles. The molecular formula is C23H28N4O5. The van der Waals surface area contributed by atoms with Crippen molar-refractivity contribution in [3.05, 3.63) is 54.0 Å². The molecule has 0 radical (unpaired) electrons. The zero-order valence-corrected chi connectivity index (χ0v) is 18.4. The van der Waals surface area contributed by atoms with Gasteiger partial charge in [0.25, 0.3) is 5.91 Å². The number of likely N-dealkylation sites (N-methyl/N-ethyl adjacent to an activating group) is 1. The zero-order valence-electron chi connectivity index (χ0n) is 18.4. The number of hydrogen-bond acceptors (Lipinski definition) is 7. The van der Waals surface area contributed by atoms with Crippen LogP contribution in [0.4, 0.5) is 0 Å². The van der Waals surface area contributed by atoms with Crippen LogP contribution in [0, 0.1) is 0 Å². The first-order chi connectivity index (χ1) is 15.5. The Morgan fingerprint density at radius 3 is 2.50 bits per heavy atom. The second kappa shape index (κ2) is 9.97. The summed E-state index contributed by atoms with van der Waals surface area (Å²) in [6.45, 7) is 2.52. The van der Waals surface area contributed by atoms with Crippen LogP contribution in [0.25, 0.3) is 0 Å². The molecule has 0 aliphatic carbocycles. The van der Waals surface area contributed by atoms with Crippen molar-refractivity contribution in [1.82, 2.24) is 14.8 Å². The third-order valence-corrected chi connectivity index (χ3v) is 5.63. The molecule has 1 fully saturated rings. The van der Waals surface area contributed by atoms with Crippen molar-refractivity contribution in [3.63, 3.8) is 0 Å². The fourth-order valence-electron chi connectivity index (χ4n) is 3.90. The van der Waals surface area contributed by atoms with E-state index < -0.39 is 0 Å². The summed E-state index contributed by atoms with van der Waals surface area (Å²) in [5.41, 5.74) is 1.72. The van der Waals surface area contributed by atoms with Crippen LogP contribution in [0.3, 0.4) is 0 Å². The molecule has 0 spiro atoms. The van der Waals surface area contributed by atoms with Gasteiger partial charge in [0.05, 0.1) is 45.4 Å². The quantitative estimate of drug-likeness (QED) is 0.652. The third kappa shape index (κ3) is 5.00. The molecule has 2 aromatic rings. The largest absolute Gasteiger partial charge is 0.497 e. The monoisotopic (exact) mass is 440 g/mol. The highest BCUT2D eigenvalue weighted by Gasteiger charge is 2.35. The van der Waals surface area contributed by atoms with Gasteiger partial charge in [0, 0.05) is 19.5 Å². The van der Waals surface area contributed by atoms with Crippen molar-refractivity contribution >= 4 is 17.5 Å². The van der Waals surface area contributed by atoms with E-state index >= 15 is 0 Å². The predicted octanol–water partition coefficient (Wildman–Crippen LogP) is 1.76. The molecule has 4 rings (SSSR count). The van der Waals surface area contributed by atoms with Crippen molar-refractivity contribution < 1.29 is 23.5 Å². The van der Waals surface area contributed by atoms with Gasteiger partial charge < -0.3 is 18.8 Å². The molecule has 0 saturated carbocycles. The minimum absolute atomic E-state index is 0.00460. The van der Waals surface area contributed by atoms with Crippen molar-refractivity contribution in [2.75, 3.05) is 53.6 Å². The number of carbonyl (C=O) groups excluding carboxylic acids is 2. The summed E-state index contributed by atoms with van der Waals surface area (Å²) in [7, 11) is 3.39. The standard InChI is InChI=1S/C23H28N4O5/c1-25(15-22(28)26-9-12-31-13-10-26)16-23(29)27-20(21-4-3-11-32-21)14-19(24-27)17-5-7-18(30-2)8-6-17/h3-8,11,20H,9-10,12-16H2,1-2H3/t20-/m1/s1. The van der Waals surface area contributed by atoms with Crippen LogP contribution in [0.15, 0.2) is 52.2 Å². The Kier molecular flexibility index (Phi) is 6.87. The first-order valence-corrected chi connectivity index (χ1v) is 10.7. The van der Waals surface area contributed by atoms with Gasteiger partial charge in [0.2, 0.25) is 5.91 Å². The third-order valence-electron chi connectivity index (χ3n) is 5.63. The highest BCUT2D eigenvalue weighted by atomic mass is 16.5. The van der Waals surface area contributed by atoms with Gasteiger partial charge in [0.1, 0.15) is 17.6 Å². The van der Waals surface area contributed by atoms with Crippen molar-refractivity contribution in [2.45, 2.75) is 12.5 Å². The van der Waals surface area contributed by atoms with E-state index in [1.165, 1.54) is 5.01 Å². The van der Waals surface area contributed by atoms with E-state index in [1.54, 1.807) is 36.3 Å². The van der Waals surface area contributed by atoms with E-state index in [9.17, 15) is 9.59 Å². The summed E-state index contributed by atoms with van der Waals surface area (Å²) < 4.78 is 16.1. The van der Waals surface area contributed by atoms with Gasteiger partial charge in [0.15, 0.2) is 0 Å². The average Bonchev–Trinajstić information content (AvgIpc) is 3.49. The van der Waals surface area contributed by atoms with Crippen molar-refractivity contribution in [1.29, 1.82) is 0 Å². The first-order valence-electron chi connectivity index (χ1n) is 10.7. The lowest BCUT2D eigenvalue weighted by Gasteiger charge is -2.29. The number of hydrazone groups is 1. The van der Waals surface area contributed by atoms with E-state index in [-0.39, 0.29) is 30.9 Å². The highest BCUT2D eigenvalue weighted by molar-refractivity contribution is 6.03. The van der Waals surface area contributed by atoms with Crippen LogP contribution in [0.5, 0.6) is 5.75 Å². The Bertz CT molecular complexity index is 951. The molecular weight excluding hydrogens is 412 g/mol. The average molecular weight is 441 g/mol. The number of carbonyl (C=O) groups is 2. The molecule has 1 atom stereocenters. The number of nitrogens with zero attached hydrogens (tertiary/aromatic N) is 4. The number of amides is 2. The zero-order chi connectivity index (χ0) is 22.5. The first kappa shape index (κ1) is 22.0. The Hall–Kier alpha value is -3.17. The maximum atomic E-state index is 13.2. The topological polar surface area (TPSA) is 87.8 Å². The van der Waals surface area contributed by atoms with E-state index in [1.807, 2.05) is 30.3 Å². The van der Waals surface area contributed by atoms with Gasteiger partial charge in [-0.25, -0.2) is 5.01 Å². The molecule has 170 valence electrons. The Labute approximate surface area is 187 Å². The summed E-state index contributed by atoms with van der Waals surface area (Å²) in [4.78, 5) is 29.2. The van der Waals surface area contributed by atoms with Crippen LogP contribution in [0.2, 0.25) is 0 Å². The SMILES string of the molecule is COc1ccc(C2=NN(C(=O)CN(C)CC(=O)N3CCOCC3)[C@@H](c3ccco3)C2)cc1. The molecule has 0 N–H and O–H groups in total. The van der Waals surface area contributed by atoms with Crippen molar-refractivity contribution in [3.8, 4) is 5.75 Å². The van der Waals surface area contributed by atoms with Crippen LogP contribution < -0.4 is 4.74 Å². The van der Waals surface area contributed by atoms with Crippen LogP contribution in [-0.2, 0) is 14.3 Å². The predicted molar refractivity (Wildman–Crippen MR) is 117 cm³/mol. The van der Waals surface area contributed by atoms with Crippen LogP contribution in [0.1, 0.15) is 23.8 Å². The number of benzene rings is 1. The molecule has 1 aromatic heterocycles. The fourth-order valence-corrected chi connectivity index (χ4v) is 3.90. The molecule has 1 aromatic carbocycles. The van der Waals surface area contributed by atoms with Gasteiger partial charge in [-0.3, -0.25) is 14.5 Å². The van der Waals surface area contributed by atoms with Gasteiger partial charge in [-0.1, -0.05) is 0 Å². The number of morpholine rings is 1. The molecule has 0 unspecified atom stereocenters. The van der Waals surface area contributed by atoms with E-state index in [2.05, 4.69) is 5.10 Å². The summed E-state index contributed by atoms with van der Waals surface area (Å²) in [6, 6.07) is 10.9. The maximum Gasteiger partial charge on any atom is 0.257 e. The molecule has 0 bridgehead atoms. The smallest absolute Gasteiger partial charge is 0.257 e. The van der Waals surface area contributed by atoms with Crippen molar-refractivity contribution in [2.24, 2.45) is 5.10 Å². The lowest BCUT2D eigenvalue weighted by Crippen LogP contribution is -2.46. The maximum absolute atomic E-state index is 13.2.